The number of aromatic nitrogens is 1. The zero-order chi connectivity index (χ0) is 23.4. The fraction of sp³-hybridized carbons (Fsp3) is 0.0833. The van der Waals surface area contributed by atoms with Gasteiger partial charge in [-0.15, -0.1) is 11.3 Å². The molecule has 1 amide bonds. The summed E-state index contributed by atoms with van der Waals surface area (Å²) in [5, 5.41) is 5.04. The lowest BCUT2D eigenvalue weighted by atomic mass is 10.1. The van der Waals surface area contributed by atoms with Crippen molar-refractivity contribution in [2.45, 2.75) is 11.8 Å². The summed E-state index contributed by atoms with van der Waals surface area (Å²) >= 11 is 1.30. The lowest BCUT2D eigenvalue weighted by Gasteiger charge is -2.15. The number of hydrogen-bond acceptors (Lipinski definition) is 6. The Morgan fingerprint density at radius 2 is 1.70 bits per heavy atom. The highest BCUT2D eigenvalue weighted by Crippen LogP contribution is 2.32. The van der Waals surface area contributed by atoms with E-state index in [2.05, 4.69) is 15.0 Å². The van der Waals surface area contributed by atoms with Crippen LogP contribution in [0.5, 0.6) is 5.75 Å². The third kappa shape index (κ3) is 5.05. The van der Waals surface area contributed by atoms with Gasteiger partial charge in [0.05, 0.1) is 29.0 Å². The first-order chi connectivity index (χ1) is 15.9. The van der Waals surface area contributed by atoms with Crippen molar-refractivity contribution in [3.8, 4) is 17.0 Å². The van der Waals surface area contributed by atoms with Gasteiger partial charge in [0.1, 0.15) is 0 Å². The maximum atomic E-state index is 13.0. The number of carbonyl (C=O) groups excluding carboxylic acids is 1. The van der Waals surface area contributed by atoms with E-state index < -0.39 is 15.9 Å². The highest BCUT2D eigenvalue weighted by Gasteiger charge is 2.21. The molecule has 9 heteroatoms. The first-order valence-electron chi connectivity index (χ1n) is 9.96. The van der Waals surface area contributed by atoms with Crippen LogP contribution < -0.4 is 14.8 Å². The predicted molar refractivity (Wildman–Crippen MR) is 130 cm³/mol. The Bertz CT molecular complexity index is 1380. The van der Waals surface area contributed by atoms with Crippen molar-refractivity contribution >= 4 is 38.1 Å². The van der Waals surface area contributed by atoms with Crippen LogP contribution in [0.3, 0.4) is 0 Å². The number of nitrogens with one attached hydrogen (secondary N) is 2. The van der Waals surface area contributed by atoms with Gasteiger partial charge in [-0.2, -0.15) is 0 Å². The Morgan fingerprint density at radius 3 is 2.39 bits per heavy atom. The normalized spacial score (nSPS) is 11.1. The van der Waals surface area contributed by atoms with Gasteiger partial charge in [-0.25, -0.2) is 13.4 Å². The Balaban J connectivity index is 1.58. The first kappa shape index (κ1) is 22.5. The van der Waals surface area contributed by atoms with Crippen LogP contribution in [0.2, 0.25) is 0 Å². The number of methoxy groups -OCH3 is 1. The van der Waals surface area contributed by atoms with Crippen LogP contribution in [-0.2, 0) is 10.0 Å². The van der Waals surface area contributed by atoms with Crippen LogP contribution in [0.25, 0.3) is 11.3 Å². The monoisotopic (exact) mass is 479 g/mol. The molecule has 1 heterocycles. The second kappa shape index (κ2) is 9.43. The van der Waals surface area contributed by atoms with Gasteiger partial charge in [0.25, 0.3) is 15.9 Å². The molecule has 0 bridgehead atoms. The Hall–Kier alpha value is -3.69. The number of ether oxygens (including phenoxy) is 1. The van der Waals surface area contributed by atoms with Crippen LogP contribution in [0.4, 0.5) is 10.8 Å². The number of rotatable bonds is 7. The number of amides is 1. The molecule has 7 nitrogen and oxygen atoms in total. The molecule has 0 saturated heterocycles. The van der Waals surface area contributed by atoms with Gasteiger partial charge >= 0.3 is 0 Å². The van der Waals surface area contributed by atoms with Gasteiger partial charge in [0.2, 0.25) is 0 Å². The minimum atomic E-state index is -3.86. The Kier molecular flexibility index (Phi) is 6.43. The third-order valence-electron chi connectivity index (χ3n) is 4.83. The van der Waals surface area contributed by atoms with Crippen LogP contribution in [0.1, 0.15) is 15.9 Å². The lowest BCUT2D eigenvalue weighted by molar-refractivity contribution is 0.102. The molecule has 3 aromatic carbocycles. The Morgan fingerprint density at radius 1 is 0.970 bits per heavy atom. The number of aryl methyl sites for hydroxylation is 1. The van der Waals surface area contributed by atoms with E-state index in [-0.39, 0.29) is 21.9 Å². The maximum absolute atomic E-state index is 13.0. The minimum absolute atomic E-state index is 0.112. The van der Waals surface area contributed by atoms with Gasteiger partial charge in [-0.1, -0.05) is 54.1 Å². The summed E-state index contributed by atoms with van der Waals surface area (Å²) in [6, 6.07) is 20.8. The molecule has 33 heavy (non-hydrogen) atoms. The molecule has 1 aromatic heterocycles. The average molecular weight is 480 g/mol. The summed E-state index contributed by atoms with van der Waals surface area (Å²) in [7, 11) is -2.48. The molecule has 0 fully saturated rings. The number of nitrogens with zero attached hydrogens (tertiary/aromatic N) is 1. The van der Waals surface area contributed by atoms with Gasteiger partial charge in [-0.3, -0.25) is 14.8 Å². The molecule has 0 radical (unpaired) electrons. The molecular formula is C24H21N3O4S2. The van der Waals surface area contributed by atoms with Crippen LogP contribution in [0, 0.1) is 6.92 Å². The van der Waals surface area contributed by atoms with Crippen molar-refractivity contribution in [2.24, 2.45) is 0 Å². The fourth-order valence-electron chi connectivity index (χ4n) is 3.17. The number of hydrogen-bond donors (Lipinski definition) is 2. The summed E-state index contributed by atoms with van der Waals surface area (Å²) in [4.78, 5) is 17.5. The Labute approximate surface area is 196 Å². The van der Waals surface area contributed by atoms with Gasteiger partial charge in [0, 0.05) is 10.9 Å². The molecule has 0 spiro atoms. The molecule has 4 rings (SSSR count). The standard InChI is InChI=1S/C24H21N3O4S2/c1-16-11-13-18(14-12-16)33(29,30)27-20-10-6-9-19(22(20)31-2)23(28)26-24-25-21(15-32-24)17-7-4-3-5-8-17/h3-15,27H,1-2H3,(H,25,26,28). The first-order valence-corrected chi connectivity index (χ1v) is 12.3. The maximum Gasteiger partial charge on any atom is 0.262 e. The van der Waals surface area contributed by atoms with E-state index in [1.54, 1.807) is 24.3 Å². The molecule has 0 aliphatic carbocycles. The molecular weight excluding hydrogens is 458 g/mol. The van der Waals surface area contributed by atoms with Gasteiger partial charge in [0.15, 0.2) is 10.9 Å². The highest BCUT2D eigenvalue weighted by molar-refractivity contribution is 7.92. The molecule has 168 valence electrons. The van der Waals surface area contributed by atoms with Crippen molar-refractivity contribution in [2.75, 3.05) is 17.1 Å². The van der Waals surface area contributed by atoms with Crippen LogP contribution in [0.15, 0.2) is 83.1 Å². The van der Waals surface area contributed by atoms with E-state index in [0.29, 0.717) is 5.13 Å². The second-order valence-corrected chi connectivity index (χ2v) is 9.70. The SMILES string of the molecule is COc1c(NS(=O)(=O)c2ccc(C)cc2)cccc1C(=O)Nc1nc(-c2ccccc2)cs1. The molecule has 0 aliphatic heterocycles. The molecule has 0 saturated carbocycles. The van der Waals surface area contributed by atoms with E-state index in [1.165, 1.54) is 36.6 Å². The topological polar surface area (TPSA) is 97.4 Å². The summed E-state index contributed by atoms with van der Waals surface area (Å²) in [5.41, 5.74) is 2.98. The smallest absolute Gasteiger partial charge is 0.262 e. The zero-order valence-corrected chi connectivity index (χ0v) is 19.5. The number of benzene rings is 3. The summed E-state index contributed by atoms with van der Waals surface area (Å²) in [6.07, 6.45) is 0. The number of anilines is 2. The molecule has 0 unspecified atom stereocenters. The second-order valence-electron chi connectivity index (χ2n) is 7.16. The fourth-order valence-corrected chi connectivity index (χ4v) is 4.95. The van der Waals surface area contributed by atoms with Crippen molar-refractivity contribution < 1.29 is 17.9 Å². The molecule has 0 atom stereocenters. The van der Waals surface area contributed by atoms with Crippen molar-refractivity contribution in [1.82, 2.24) is 4.98 Å². The number of thiazole rings is 1. The molecule has 2 N–H and O–H groups in total. The van der Waals surface area contributed by atoms with E-state index in [4.69, 9.17) is 4.74 Å². The minimum Gasteiger partial charge on any atom is -0.494 e. The van der Waals surface area contributed by atoms with Gasteiger partial charge in [-0.05, 0) is 31.2 Å². The highest BCUT2D eigenvalue weighted by atomic mass is 32.2. The van der Waals surface area contributed by atoms with Crippen molar-refractivity contribution in [3.05, 3.63) is 89.3 Å². The zero-order valence-electron chi connectivity index (χ0n) is 17.9. The van der Waals surface area contributed by atoms with E-state index in [9.17, 15) is 13.2 Å². The largest absolute Gasteiger partial charge is 0.494 e. The summed E-state index contributed by atoms with van der Waals surface area (Å²) < 4.78 is 33.5. The van der Waals surface area contributed by atoms with E-state index in [1.807, 2.05) is 42.6 Å². The molecule has 4 aromatic rings. The summed E-state index contributed by atoms with van der Waals surface area (Å²) in [6.45, 7) is 1.88. The molecule has 0 aliphatic rings. The third-order valence-corrected chi connectivity index (χ3v) is 6.97. The predicted octanol–water partition coefficient (Wildman–Crippen LogP) is 5.18. The quantitative estimate of drug-likeness (QED) is 0.381. The van der Waals surface area contributed by atoms with Crippen molar-refractivity contribution in [3.63, 3.8) is 0 Å². The number of sulfonamides is 1. The lowest BCUT2D eigenvalue weighted by Crippen LogP contribution is -2.17. The van der Waals surface area contributed by atoms with Crippen molar-refractivity contribution in [1.29, 1.82) is 0 Å². The number of carbonyl (C=O) groups is 1. The van der Waals surface area contributed by atoms with E-state index >= 15 is 0 Å². The van der Waals surface area contributed by atoms with Crippen LogP contribution >= 0.6 is 11.3 Å². The average Bonchev–Trinajstić information content (AvgIpc) is 3.28. The van der Waals surface area contributed by atoms with E-state index in [0.717, 1.165) is 16.8 Å². The summed E-state index contributed by atoms with van der Waals surface area (Å²) in [5.74, 6) is -0.345. The van der Waals surface area contributed by atoms with Gasteiger partial charge < -0.3 is 4.74 Å². The van der Waals surface area contributed by atoms with Crippen LogP contribution in [-0.4, -0.2) is 26.4 Å². The number of para-hydroxylation sites is 1.